The van der Waals surface area contributed by atoms with Crippen LogP contribution in [0.4, 0.5) is 5.82 Å². The molecular formula is C15H17N5O. The van der Waals surface area contributed by atoms with Gasteiger partial charge in [0.15, 0.2) is 0 Å². The van der Waals surface area contributed by atoms with Gasteiger partial charge in [-0.25, -0.2) is 9.97 Å². The summed E-state index contributed by atoms with van der Waals surface area (Å²) < 4.78 is 6.87. The fraction of sp³-hybridized carbons (Fsp3) is 0.267. The minimum Gasteiger partial charge on any atom is -0.383 e. The minimum atomic E-state index is 0.601. The molecule has 0 unspecified atom stereocenters. The SMILES string of the molecule is COCCNc1nc(-n2ccnc2)nc2ccc(C)cc12. The highest BCUT2D eigenvalue weighted by Gasteiger charge is 2.09. The average Bonchev–Trinajstić information content (AvgIpc) is 3.02. The first kappa shape index (κ1) is 13.5. The highest BCUT2D eigenvalue weighted by atomic mass is 16.5. The standard InChI is InChI=1S/C15H17N5O/c1-11-3-4-13-12(9-11)14(17-6-8-21-2)19-15(18-13)20-7-5-16-10-20/h3-5,7,9-10H,6,8H2,1-2H3,(H,17,18,19). The molecule has 2 heterocycles. The van der Waals surface area contributed by atoms with Crippen molar-refractivity contribution in [2.75, 3.05) is 25.6 Å². The van der Waals surface area contributed by atoms with Gasteiger partial charge in [-0.1, -0.05) is 11.6 Å². The van der Waals surface area contributed by atoms with E-state index in [1.807, 2.05) is 18.3 Å². The van der Waals surface area contributed by atoms with Gasteiger partial charge < -0.3 is 10.1 Å². The summed E-state index contributed by atoms with van der Waals surface area (Å²) in [6.45, 7) is 3.37. The van der Waals surface area contributed by atoms with E-state index < -0.39 is 0 Å². The lowest BCUT2D eigenvalue weighted by Gasteiger charge is -2.11. The summed E-state index contributed by atoms with van der Waals surface area (Å²) >= 11 is 0. The van der Waals surface area contributed by atoms with Gasteiger partial charge in [0.2, 0.25) is 5.95 Å². The number of imidazole rings is 1. The topological polar surface area (TPSA) is 64.9 Å². The lowest BCUT2D eigenvalue weighted by atomic mass is 10.1. The molecule has 6 heteroatoms. The number of nitrogens with one attached hydrogen (secondary N) is 1. The fourth-order valence-electron chi connectivity index (χ4n) is 2.13. The van der Waals surface area contributed by atoms with Crippen LogP contribution in [0.2, 0.25) is 0 Å². The third kappa shape index (κ3) is 2.85. The molecular weight excluding hydrogens is 266 g/mol. The molecule has 0 bridgehead atoms. The van der Waals surface area contributed by atoms with E-state index in [1.165, 1.54) is 5.56 Å². The number of nitrogens with zero attached hydrogens (tertiary/aromatic N) is 4. The Morgan fingerprint density at radius 3 is 2.95 bits per heavy atom. The number of aryl methyl sites for hydroxylation is 1. The van der Waals surface area contributed by atoms with Gasteiger partial charge in [0.1, 0.15) is 12.1 Å². The Morgan fingerprint density at radius 2 is 2.19 bits per heavy atom. The van der Waals surface area contributed by atoms with Crippen LogP contribution >= 0.6 is 0 Å². The van der Waals surface area contributed by atoms with Crippen LogP contribution in [-0.4, -0.2) is 39.8 Å². The summed E-state index contributed by atoms with van der Waals surface area (Å²) in [5.74, 6) is 1.41. The van der Waals surface area contributed by atoms with Crippen molar-refractivity contribution in [3.8, 4) is 5.95 Å². The van der Waals surface area contributed by atoms with Crippen LogP contribution < -0.4 is 5.32 Å². The largest absolute Gasteiger partial charge is 0.383 e. The molecule has 0 atom stereocenters. The molecule has 2 aromatic heterocycles. The maximum atomic E-state index is 5.08. The van der Waals surface area contributed by atoms with Crippen LogP contribution in [0.3, 0.4) is 0 Å². The predicted octanol–water partition coefficient (Wildman–Crippen LogP) is 2.18. The zero-order valence-corrected chi connectivity index (χ0v) is 12.1. The second-order valence-corrected chi connectivity index (χ2v) is 4.78. The van der Waals surface area contributed by atoms with Crippen LogP contribution in [0.5, 0.6) is 0 Å². The maximum absolute atomic E-state index is 5.08. The molecule has 1 aromatic carbocycles. The van der Waals surface area contributed by atoms with E-state index >= 15 is 0 Å². The summed E-state index contributed by atoms with van der Waals surface area (Å²) in [5, 5.41) is 4.32. The molecule has 1 N–H and O–H groups in total. The van der Waals surface area contributed by atoms with Gasteiger partial charge in [0, 0.05) is 31.4 Å². The van der Waals surface area contributed by atoms with E-state index in [2.05, 4.69) is 33.3 Å². The molecule has 0 radical (unpaired) electrons. The third-order valence-corrected chi connectivity index (χ3v) is 3.17. The van der Waals surface area contributed by atoms with Crippen molar-refractivity contribution in [3.05, 3.63) is 42.5 Å². The number of anilines is 1. The Labute approximate surface area is 122 Å². The van der Waals surface area contributed by atoms with Crippen molar-refractivity contribution < 1.29 is 4.74 Å². The smallest absolute Gasteiger partial charge is 0.237 e. The lowest BCUT2D eigenvalue weighted by molar-refractivity contribution is 0.210. The van der Waals surface area contributed by atoms with Crippen LogP contribution in [0.25, 0.3) is 16.9 Å². The number of fused-ring (bicyclic) bond motifs is 1. The molecule has 0 aliphatic rings. The Kier molecular flexibility index (Phi) is 3.79. The molecule has 0 aliphatic heterocycles. The Hall–Kier alpha value is -2.47. The van der Waals surface area contributed by atoms with E-state index in [0.29, 0.717) is 19.1 Å². The molecule has 0 amide bonds. The van der Waals surface area contributed by atoms with Crippen molar-refractivity contribution in [2.24, 2.45) is 0 Å². The van der Waals surface area contributed by atoms with Crippen LogP contribution in [-0.2, 0) is 4.74 Å². The van der Waals surface area contributed by atoms with Crippen molar-refractivity contribution in [1.29, 1.82) is 0 Å². The number of hydrogen-bond acceptors (Lipinski definition) is 5. The molecule has 0 saturated carbocycles. The summed E-state index contributed by atoms with van der Waals surface area (Å²) in [6.07, 6.45) is 5.23. The maximum Gasteiger partial charge on any atom is 0.237 e. The van der Waals surface area contributed by atoms with Crippen LogP contribution in [0.1, 0.15) is 5.56 Å². The molecule has 3 aromatic rings. The van der Waals surface area contributed by atoms with Crippen molar-refractivity contribution in [3.63, 3.8) is 0 Å². The second-order valence-electron chi connectivity index (χ2n) is 4.78. The molecule has 3 rings (SSSR count). The van der Waals surface area contributed by atoms with E-state index in [9.17, 15) is 0 Å². The van der Waals surface area contributed by atoms with E-state index in [1.54, 1.807) is 24.2 Å². The second kappa shape index (κ2) is 5.88. The summed E-state index contributed by atoms with van der Waals surface area (Å²) in [6, 6.07) is 6.14. The fourth-order valence-corrected chi connectivity index (χ4v) is 2.13. The molecule has 0 aliphatic carbocycles. The van der Waals surface area contributed by atoms with Crippen molar-refractivity contribution >= 4 is 16.7 Å². The average molecular weight is 283 g/mol. The zero-order chi connectivity index (χ0) is 14.7. The molecule has 108 valence electrons. The Balaban J connectivity index is 2.09. The van der Waals surface area contributed by atoms with Gasteiger partial charge in [-0.3, -0.25) is 4.57 Å². The minimum absolute atomic E-state index is 0.601. The number of rotatable bonds is 5. The zero-order valence-electron chi connectivity index (χ0n) is 12.1. The van der Waals surface area contributed by atoms with E-state index in [4.69, 9.17) is 4.74 Å². The van der Waals surface area contributed by atoms with Gasteiger partial charge in [0.05, 0.1) is 12.1 Å². The van der Waals surface area contributed by atoms with Gasteiger partial charge in [-0.05, 0) is 19.1 Å². The quantitative estimate of drug-likeness (QED) is 0.727. The first-order valence-corrected chi connectivity index (χ1v) is 6.77. The summed E-state index contributed by atoms with van der Waals surface area (Å²) in [5.41, 5.74) is 2.08. The molecule has 21 heavy (non-hydrogen) atoms. The Bertz CT molecular complexity index is 739. The van der Waals surface area contributed by atoms with E-state index in [-0.39, 0.29) is 0 Å². The summed E-state index contributed by atoms with van der Waals surface area (Å²) in [4.78, 5) is 13.2. The summed E-state index contributed by atoms with van der Waals surface area (Å²) in [7, 11) is 1.68. The number of methoxy groups -OCH3 is 1. The molecule has 0 saturated heterocycles. The number of benzene rings is 1. The third-order valence-electron chi connectivity index (χ3n) is 3.17. The van der Waals surface area contributed by atoms with Gasteiger partial charge in [0.25, 0.3) is 0 Å². The van der Waals surface area contributed by atoms with E-state index in [0.717, 1.165) is 16.7 Å². The van der Waals surface area contributed by atoms with Crippen molar-refractivity contribution in [2.45, 2.75) is 6.92 Å². The number of aromatic nitrogens is 4. The number of hydrogen-bond donors (Lipinski definition) is 1. The first-order chi connectivity index (χ1) is 10.3. The monoisotopic (exact) mass is 283 g/mol. The molecule has 0 fully saturated rings. The van der Waals surface area contributed by atoms with Crippen LogP contribution in [0, 0.1) is 6.92 Å². The normalized spacial score (nSPS) is 11.0. The van der Waals surface area contributed by atoms with Crippen molar-refractivity contribution in [1.82, 2.24) is 19.5 Å². The Morgan fingerprint density at radius 1 is 1.29 bits per heavy atom. The number of ether oxygens (including phenoxy) is 1. The molecule has 6 nitrogen and oxygen atoms in total. The van der Waals surface area contributed by atoms with Gasteiger partial charge in [-0.2, -0.15) is 4.98 Å². The highest BCUT2D eigenvalue weighted by molar-refractivity contribution is 5.90. The van der Waals surface area contributed by atoms with Gasteiger partial charge in [-0.15, -0.1) is 0 Å². The van der Waals surface area contributed by atoms with Crippen LogP contribution in [0.15, 0.2) is 36.9 Å². The lowest BCUT2D eigenvalue weighted by Crippen LogP contribution is -2.11. The predicted molar refractivity (Wildman–Crippen MR) is 81.8 cm³/mol. The first-order valence-electron chi connectivity index (χ1n) is 6.77. The highest BCUT2D eigenvalue weighted by Crippen LogP contribution is 2.22. The van der Waals surface area contributed by atoms with Gasteiger partial charge >= 0.3 is 0 Å². The molecule has 0 spiro atoms.